The van der Waals surface area contributed by atoms with Crippen LogP contribution in [0.5, 0.6) is 0 Å². The van der Waals surface area contributed by atoms with Gasteiger partial charge in [-0.3, -0.25) is 0 Å². The van der Waals surface area contributed by atoms with Crippen molar-refractivity contribution in [2.45, 2.75) is 0 Å². The first-order chi connectivity index (χ1) is 13.9. The van der Waals surface area contributed by atoms with Crippen molar-refractivity contribution in [2.24, 2.45) is 0 Å². The molecule has 0 unspecified atom stereocenters. The van der Waals surface area contributed by atoms with E-state index in [1.54, 1.807) is 0 Å². The van der Waals surface area contributed by atoms with Gasteiger partial charge < -0.3 is 67.7 Å². The third-order valence-electron chi connectivity index (χ3n) is 0. The Kier molecular flexibility index (Phi) is 677. The molecule has 0 aliphatic rings. The first-order valence-corrected chi connectivity index (χ1v) is 15.7. The molecule has 51 heavy (non-hydrogen) atoms. The minimum Gasteiger partial charge on any atom is -0.870 e. The molecular weight excluding hydrogens is 1530 g/mol. The molecule has 0 saturated carbocycles. The molecule has 31 N–H and O–H groups in total. The van der Waals surface area contributed by atoms with E-state index in [-0.39, 0.29) is 272 Å². The van der Waals surface area contributed by atoms with E-state index in [1.165, 1.54) is 0 Å². The average molecular weight is 1570 g/mol. The second-order valence-corrected chi connectivity index (χ2v) is 6.89. The monoisotopic (exact) mass is 1550 g/mol. The van der Waals surface area contributed by atoms with Gasteiger partial charge in [0.1, 0.15) is 0 Å². The average Bonchev–Trinajstić information content (AvgIpc) is 2.30. The summed E-state index contributed by atoms with van der Waals surface area (Å²) in [7, 11) is -24.5. The van der Waals surface area contributed by atoms with E-state index in [0.29, 0.717) is 0 Å². The summed E-state index contributed by atoms with van der Waals surface area (Å²) in [6, 6.07) is 0. The van der Waals surface area contributed by atoms with Crippen molar-refractivity contribution in [3.8, 4) is 0 Å². The van der Waals surface area contributed by atoms with Gasteiger partial charge in [-0.2, -0.15) is 29.4 Å². The topological polar surface area (TPSA) is 722 Å². The summed E-state index contributed by atoms with van der Waals surface area (Å²) in [6.07, 6.45) is 0. The van der Waals surface area contributed by atoms with Crippen LogP contribution in [0.2, 0.25) is 0 Å². The molecule has 0 spiro atoms. The van der Waals surface area contributed by atoms with Crippen molar-refractivity contribution < 1.29 is 390 Å². The molecule has 0 fully saturated rings. The molecule has 31 nitrogen and oxygen atoms in total. The van der Waals surface area contributed by atoms with Crippen LogP contribution in [0, 0.1) is 0 Å². The fourth-order valence-corrected chi connectivity index (χ4v) is 0. The summed E-state index contributed by atoms with van der Waals surface area (Å²) in [6.45, 7) is 0. The first kappa shape index (κ1) is 191. The summed E-state index contributed by atoms with van der Waals surface area (Å²) in [5.74, 6) is 0. The molecule has 0 rings (SSSR count). The third-order valence-corrected chi connectivity index (χ3v) is 0. The van der Waals surface area contributed by atoms with Crippen molar-refractivity contribution in [2.75, 3.05) is 0 Å². The van der Waals surface area contributed by atoms with E-state index in [2.05, 4.69) is 0 Å². The maximum Gasteiger partial charge on any atom is 0.390 e. The molecule has 0 aliphatic heterocycles. The maximum atomic E-state index is 8.74. The Morgan fingerprint density at radius 1 is 0.196 bits per heavy atom. The molecular formula is H39O31P8Zn12+. The van der Waals surface area contributed by atoms with Crippen LogP contribution in [0.3, 0.4) is 0 Å². The van der Waals surface area contributed by atoms with Gasteiger partial charge in [-0.15, -0.1) is 0 Å². The Morgan fingerprint density at radius 2 is 0.196 bits per heavy atom. The van der Waals surface area contributed by atoms with Gasteiger partial charge in [0.15, 0.2) is 0 Å². The van der Waals surface area contributed by atoms with Crippen LogP contribution in [0.1, 0.15) is 0 Å². The standard InChI is InChI=1S/2H4O3P.6H3O3P.7H2O.12Zn/c8*1-4(2)3;;;;;;;;;;;;;;;;;;;/h2*1-4H;6*1-2,4H;7*1H2;;;;;;;;;;;;/q2*+1;;;;;;;;;;;;;;;;;;;;;;;;;/p-1. The fraction of sp³-hybridized carbons (Fsp3) is 0. The zero-order valence-corrected chi connectivity index (χ0v) is 70.0. The Morgan fingerprint density at radius 3 is 0.196 bits per heavy atom. The smallest absolute Gasteiger partial charge is 0.390 e. The molecule has 0 bridgehead atoms. The van der Waals surface area contributed by atoms with Gasteiger partial charge in [-0.25, -0.2) is 58.7 Å². The quantitative estimate of drug-likeness (QED) is 0.0791. The van der Waals surface area contributed by atoms with Crippen LogP contribution in [-0.2, 0) is 234 Å². The number of hydrogen-bond donors (Lipinski definition) is 18. The summed E-state index contributed by atoms with van der Waals surface area (Å²) < 4.78 is 0. The van der Waals surface area contributed by atoms with Crippen molar-refractivity contribution >= 4 is 68.8 Å². The first-order valence-electron chi connectivity index (χ1n) is 5.25. The van der Waals surface area contributed by atoms with Gasteiger partial charge in [-0.1, -0.05) is 0 Å². The zero-order chi connectivity index (χ0) is 28.6. The second-order valence-electron chi connectivity index (χ2n) is 2.30. The van der Waals surface area contributed by atoms with E-state index in [1.807, 2.05) is 0 Å². The van der Waals surface area contributed by atoms with Crippen LogP contribution < -0.4 is 29.4 Å². The fourth-order valence-electron chi connectivity index (χ4n) is 0. The van der Waals surface area contributed by atoms with E-state index in [4.69, 9.17) is 117 Å². The Labute approximate surface area is 452 Å². The Hall–Kier alpha value is 9.68. The van der Waals surface area contributed by atoms with Gasteiger partial charge in [0, 0.05) is 234 Å². The molecule has 288 valence electrons. The van der Waals surface area contributed by atoms with E-state index in [9.17, 15) is 0 Å². The maximum absolute atomic E-state index is 8.74. The molecule has 0 radical (unpaired) electrons. The van der Waals surface area contributed by atoms with E-state index in [0.717, 1.165) is 0 Å². The molecule has 0 atom stereocenters. The summed E-state index contributed by atoms with van der Waals surface area (Å²) >= 11 is 0. The van der Waals surface area contributed by atoms with Crippen molar-refractivity contribution in [1.82, 2.24) is 0 Å². The third kappa shape index (κ3) is 2120. The predicted molar refractivity (Wildman–Crippen MR) is 130 cm³/mol. The molecule has 0 heterocycles. The zero-order valence-electron chi connectivity index (χ0n) is 26.4. The van der Waals surface area contributed by atoms with Crippen LogP contribution in [0.4, 0.5) is 0 Å². The molecule has 0 saturated heterocycles. The van der Waals surface area contributed by atoms with Crippen molar-refractivity contribution in [1.29, 1.82) is 0 Å². The summed E-state index contributed by atoms with van der Waals surface area (Å²) in [4.78, 5) is 182. The second kappa shape index (κ2) is 181. The minimum atomic E-state index is -3.13. The molecule has 0 aromatic rings. The molecule has 51 heteroatoms. The summed E-state index contributed by atoms with van der Waals surface area (Å²) in [5, 5.41) is 0. The van der Waals surface area contributed by atoms with Gasteiger partial charge >= 0.3 is 17.2 Å². The van der Waals surface area contributed by atoms with Crippen molar-refractivity contribution in [3.63, 3.8) is 0 Å². The number of hydrogen-bond acceptors (Lipinski definition) is 25. The van der Waals surface area contributed by atoms with Crippen molar-refractivity contribution in [3.05, 3.63) is 0 Å². The van der Waals surface area contributed by atoms with Crippen LogP contribution >= 0.6 is 68.8 Å². The van der Waals surface area contributed by atoms with Crippen LogP contribution in [0.15, 0.2) is 0 Å². The van der Waals surface area contributed by atoms with Gasteiger partial charge in [0.2, 0.25) is 51.6 Å². The largest absolute Gasteiger partial charge is 0.870 e. The van der Waals surface area contributed by atoms with Crippen LogP contribution in [-0.4, -0.2) is 126 Å². The normalized spacial score (nSPS) is 5.65. The molecule has 0 amide bonds. The molecule has 0 aromatic carbocycles. The SMILES string of the molecule is O.O.O.O.O.O.O[PH+](O)O.O[PH+](O)O.[O-][PH+](O)O.[O-][PH+](O)O.[O-][PH+](O)O.[O-][PH+](O)O.[O-][PH+](O)O.[O-][PH+](O)O.[OH-].[Zn].[Zn].[Zn].[Zn].[Zn].[Zn].[Zn].[Zn].[Zn].[Zn].[Zn].[Zn]. The van der Waals surface area contributed by atoms with Gasteiger partial charge in [0.05, 0.1) is 0 Å². The number of rotatable bonds is 0. The Balaban J connectivity index is -0.00000000490. The van der Waals surface area contributed by atoms with E-state index >= 15 is 0 Å². The molecule has 0 aromatic heterocycles. The minimum absolute atomic E-state index is 0. The van der Waals surface area contributed by atoms with Gasteiger partial charge in [-0.05, 0) is 0 Å². The summed E-state index contributed by atoms with van der Waals surface area (Å²) in [5.41, 5.74) is 0. The van der Waals surface area contributed by atoms with Gasteiger partial charge in [0.25, 0.3) is 0 Å². The van der Waals surface area contributed by atoms with Crippen LogP contribution in [0.25, 0.3) is 0 Å². The molecule has 0 aliphatic carbocycles. The Bertz CT molecular complexity index is 179. The predicted octanol–water partition coefficient (Wildman–Crippen LogP) is -17.6. The van der Waals surface area contributed by atoms with E-state index < -0.39 is 68.8 Å².